The highest BCUT2D eigenvalue weighted by Gasteiger charge is 2.28. The van der Waals surface area contributed by atoms with Gasteiger partial charge in [0.25, 0.3) is 0 Å². The zero-order valence-corrected chi connectivity index (χ0v) is 19.1. The molecule has 0 saturated carbocycles. The first-order chi connectivity index (χ1) is 15.0. The summed E-state index contributed by atoms with van der Waals surface area (Å²) < 4.78 is 16.4. The van der Waals surface area contributed by atoms with Gasteiger partial charge in [0.2, 0.25) is 0 Å². The summed E-state index contributed by atoms with van der Waals surface area (Å²) in [4.78, 5) is 37.6. The lowest BCUT2D eigenvalue weighted by molar-refractivity contribution is -0.137. The highest BCUT2D eigenvalue weighted by molar-refractivity contribution is 5.88. The Labute approximate surface area is 186 Å². The quantitative estimate of drug-likeness (QED) is 0.355. The summed E-state index contributed by atoms with van der Waals surface area (Å²) in [6, 6.07) is 11.0. The topological polar surface area (TPSA) is 94.8 Å². The van der Waals surface area contributed by atoms with Crippen LogP contribution in [0.25, 0.3) is 11.0 Å². The Hall–Kier alpha value is -3.61. The molecule has 1 N–H and O–H groups in total. The maximum absolute atomic E-state index is 13.1. The largest absolute Gasteiger partial charge is 0.444 e. The molecule has 1 unspecified atom stereocenters. The van der Waals surface area contributed by atoms with E-state index in [0.29, 0.717) is 22.3 Å². The van der Waals surface area contributed by atoms with Gasteiger partial charge in [-0.1, -0.05) is 30.3 Å². The van der Waals surface area contributed by atoms with E-state index in [1.165, 1.54) is 0 Å². The van der Waals surface area contributed by atoms with Crippen molar-refractivity contribution in [2.45, 2.75) is 53.2 Å². The normalized spacial score (nSPS) is 12.3. The third kappa shape index (κ3) is 4.99. The van der Waals surface area contributed by atoms with Crippen molar-refractivity contribution < 1.29 is 23.5 Å². The average Bonchev–Trinajstić information content (AvgIpc) is 2.72. The molecule has 7 heteroatoms. The number of fused-ring (bicyclic) bond motifs is 1. The SMILES string of the molecule is Cc1c(C)c2ccc(OC(=O)C(NC(=O)OC(C)(C)C)c3ccccc3)c(C)c2oc1=O. The highest BCUT2D eigenvalue weighted by Crippen LogP contribution is 2.30. The van der Waals surface area contributed by atoms with Crippen LogP contribution in [0.3, 0.4) is 0 Å². The zero-order chi connectivity index (χ0) is 23.6. The number of esters is 1. The summed E-state index contributed by atoms with van der Waals surface area (Å²) in [5.41, 5.74) is 1.60. The van der Waals surface area contributed by atoms with Gasteiger partial charge in [0.15, 0.2) is 6.04 Å². The van der Waals surface area contributed by atoms with Crippen LogP contribution in [0, 0.1) is 20.8 Å². The summed E-state index contributed by atoms with van der Waals surface area (Å²) in [5.74, 6) is -0.462. The van der Waals surface area contributed by atoms with E-state index in [9.17, 15) is 14.4 Å². The number of carbonyl (C=O) groups excluding carboxylic acids is 2. The first kappa shape index (κ1) is 23.1. The monoisotopic (exact) mass is 437 g/mol. The molecule has 7 nitrogen and oxygen atoms in total. The van der Waals surface area contributed by atoms with Gasteiger partial charge >= 0.3 is 17.7 Å². The predicted octanol–water partition coefficient (Wildman–Crippen LogP) is 4.89. The van der Waals surface area contributed by atoms with Gasteiger partial charge in [-0.05, 0) is 64.8 Å². The second-order valence-electron chi connectivity index (χ2n) is 8.62. The van der Waals surface area contributed by atoms with Gasteiger partial charge in [-0.15, -0.1) is 0 Å². The van der Waals surface area contributed by atoms with Crippen molar-refractivity contribution in [1.82, 2.24) is 5.32 Å². The minimum atomic E-state index is -1.09. The van der Waals surface area contributed by atoms with Crippen molar-refractivity contribution in [2.24, 2.45) is 0 Å². The van der Waals surface area contributed by atoms with E-state index < -0.39 is 29.3 Å². The molecule has 3 rings (SSSR count). The Bertz CT molecular complexity index is 1220. The van der Waals surface area contributed by atoms with E-state index in [1.807, 2.05) is 6.92 Å². The Kier molecular flexibility index (Phi) is 6.39. The summed E-state index contributed by atoms with van der Waals surface area (Å²) in [6.07, 6.45) is -0.740. The Morgan fingerprint density at radius 1 is 0.938 bits per heavy atom. The maximum atomic E-state index is 13.1. The molecule has 32 heavy (non-hydrogen) atoms. The fourth-order valence-electron chi connectivity index (χ4n) is 3.25. The summed E-state index contributed by atoms with van der Waals surface area (Å²) >= 11 is 0. The first-order valence-electron chi connectivity index (χ1n) is 10.3. The molecule has 0 aliphatic carbocycles. The molecule has 1 amide bonds. The molecular formula is C25H27NO6. The highest BCUT2D eigenvalue weighted by atomic mass is 16.6. The van der Waals surface area contributed by atoms with Crippen molar-refractivity contribution in [3.8, 4) is 5.75 Å². The molecule has 1 heterocycles. The molecule has 1 aromatic heterocycles. The molecule has 168 valence electrons. The van der Waals surface area contributed by atoms with Crippen LogP contribution in [0.4, 0.5) is 4.79 Å². The number of nitrogens with one attached hydrogen (secondary N) is 1. The van der Waals surface area contributed by atoms with Crippen molar-refractivity contribution in [3.63, 3.8) is 0 Å². The van der Waals surface area contributed by atoms with Gasteiger partial charge in [-0.25, -0.2) is 14.4 Å². The van der Waals surface area contributed by atoms with Crippen LogP contribution in [0.2, 0.25) is 0 Å². The number of hydrogen-bond donors (Lipinski definition) is 1. The minimum absolute atomic E-state index is 0.237. The van der Waals surface area contributed by atoms with E-state index in [0.717, 1.165) is 10.9 Å². The van der Waals surface area contributed by atoms with E-state index in [4.69, 9.17) is 13.9 Å². The molecule has 0 aliphatic heterocycles. The summed E-state index contributed by atoms with van der Waals surface area (Å²) in [7, 11) is 0. The van der Waals surface area contributed by atoms with E-state index in [1.54, 1.807) is 77.1 Å². The smallest absolute Gasteiger partial charge is 0.408 e. The van der Waals surface area contributed by atoms with Gasteiger partial charge in [0, 0.05) is 16.5 Å². The Balaban J connectivity index is 1.94. The van der Waals surface area contributed by atoms with E-state index in [-0.39, 0.29) is 5.75 Å². The van der Waals surface area contributed by atoms with Crippen LogP contribution >= 0.6 is 0 Å². The second kappa shape index (κ2) is 8.86. The molecule has 2 aromatic carbocycles. The minimum Gasteiger partial charge on any atom is -0.444 e. The Morgan fingerprint density at radius 3 is 2.22 bits per heavy atom. The molecule has 0 bridgehead atoms. The second-order valence-corrected chi connectivity index (χ2v) is 8.62. The van der Waals surface area contributed by atoms with Gasteiger partial charge in [0.05, 0.1) is 0 Å². The zero-order valence-electron chi connectivity index (χ0n) is 19.1. The van der Waals surface area contributed by atoms with Gasteiger partial charge in [-0.3, -0.25) is 0 Å². The lowest BCUT2D eigenvalue weighted by atomic mass is 10.0. The van der Waals surface area contributed by atoms with E-state index in [2.05, 4.69) is 5.32 Å². The number of hydrogen-bond acceptors (Lipinski definition) is 6. The molecule has 0 fully saturated rings. The van der Waals surface area contributed by atoms with Crippen molar-refractivity contribution >= 4 is 23.0 Å². The number of aryl methyl sites for hydroxylation is 2. The fourth-order valence-corrected chi connectivity index (χ4v) is 3.25. The third-order valence-electron chi connectivity index (χ3n) is 5.06. The number of benzene rings is 2. The number of rotatable bonds is 4. The van der Waals surface area contributed by atoms with Gasteiger partial charge in [-0.2, -0.15) is 0 Å². The van der Waals surface area contributed by atoms with E-state index >= 15 is 0 Å². The molecule has 0 spiro atoms. The van der Waals surface area contributed by atoms with Crippen LogP contribution < -0.4 is 15.7 Å². The molecule has 0 radical (unpaired) electrons. The predicted molar refractivity (Wildman–Crippen MR) is 121 cm³/mol. The first-order valence-corrected chi connectivity index (χ1v) is 10.3. The lowest BCUT2D eigenvalue weighted by Crippen LogP contribution is -2.39. The molecule has 1 atom stereocenters. The van der Waals surface area contributed by atoms with Crippen molar-refractivity contribution in [3.05, 3.63) is 75.1 Å². The number of carbonyl (C=O) groups is 2. The molecular weight excluding hydrogens is 410 g/mol. The maximum Gasteiger partial charge on any atom is 0.408 e. The van der Waals surface area contributed by atoms with Crippen LogP contribution in [0.15, 0.2) is 51.7 Å². The van der Waals surface area contributed by atoms with Crippen LogP contribution in [-0.2, 0) is 9.53 Å². The van der Waals surface area contributed by atoms with Crippen LogP contribution in [-0.4, -0.2) is 17.7 Å². The van der Waals surface area contributed by atoms with Crippen molar-refractivity contribution in [1.29, 1.82) is 0 Å². The van der Waals surface area contributed by atoms with Crippen LogP contribution in [0.1, 0.15) is 49.1 Å². The number of ether oxygens (including phenoxy) is 2. The van der Waals surface area contributed by atoms with Gasteiger partial charge < -0.3 is 19.2 Å². The van der Waals surface area contributed by atoms with Crippen molar-refractivity contribution in [2.75, 3.05) is 0 Å². The molecule has 0 saturated heterocycles. The standard InChI is InChI=1S/C25H27NO6/c1-14-15(2)22(27)31-21-16(3)19(13-12-18(14)21)30-23(28)20(17-10-8-7-9-11-17)26-24(29)32-25(4,5)6/h7-13,20H,1-6H3,(H,26,29). The van der Waals surface area contributed by atoms with Gasteiger partial charge in [0.1, 0.15) is 16.9 Å². The third-order valence-corrected chi connectivity index (χ3v) is 5.06. The summed E-state index contributed by atoms with van der Waals surface area (Å²) in [5, 5.41) is 3.35. The van der Waals surface area contributed by atoms with Crippen LogP contribution in [0.5, 0.6) is 5.75 Å². The Morgan fingerprint density at radius 2 is 1.59 bits per heavy atom. The molecule has 0 aliphatic rings. The fraction of sp³-hybridized carbons (Fsp3) is 0.320. The lowest BCUT2D eigenvalue weighted by Gasteiger charge is -2.23. The summed E-state index contributed by atoms with van der Waals surface area (Å²) in [6.45, 7) is 10.5. The average molecular weight is 437 g/mol. The number of amides is 1. The number of alkyl carbamates (subject to hydrolysis) is 1. The molecule has 3 aromatic rings.